The van der Waals surface area contributed by atoms with Crippen molar-refractivity contribution < 1.29 is 13.5 Å². The predicted octanol–water partition coefficient (Wildman–Crippen LogP) is 2.33. The lowest BCUT2D eigenvalue weighted by Gasteiger charge is -2.06. The van der Waals surface area contributed by atoms with E-state index in [4.69, 9.17) is 5.11 Å². The molecule has 0 spiro atoms. The minimum atomic E-state index is -3.48. The fourth-order valence-corrected chi connectivity index (χ4v) is 5.49. The molecule has 0 saturated heterocycles. The minimum absolute atomic E-state index is 0.144. The van der Waals surface area contributed by atoms with E-state index in [1.165, 1.54) is 17.4 Å². The number of hydrogen-bond donors (Lipinski definition) is 2. The second-order valence-electron chi connectivity index (χ2n) is 5.25. The average molecular weight is 354 g/mol. The zero-order valence-corrected chi connectivity index (χ0v) is 13.5. The van der Waals surface area contributed by atoms with Crippen molar-refractivity contribution in [2.75, 3.05) is 6.54 Å². The Morgan fingerprint density at radius 1 is 1.61 bits per heavy atom. The van der Waals surface area contributed by atoms with E-state index in [9.17, 15) is 8.42 Å². The monoisotopic (exact) mass is 353 g/mol. The third-order valence-electron chi connectivity index (χ3n) is 3.39. The molecule has 18 heavy (non-hydrogen) atoms. The maximum atomic E-state index is 12.1. The zero-order valence-electron chi connectivity index (χ0n) is 10.2. The van der Waals surface area contributed by atoms with Crippen LogP contribution in [0.3, 0.4) is 0 Å². The largest absolute Gasteiger partial charge is 0.391 e. The van der Waals surface area contributed by atoms with Crippen LogP contribution in [0.15, 0.2) is 14.7 Å². The van der Waals surface area contributed by atoms with Crippen molar-refractivity contribution in [3.8, 4) is 0 Å². The molecule has 0 aromatic carbocycles. The maximum absolute atomic E-state index is 12.1. The smallest absolute Gasteiger partial charge is 0.242 e. The summed E-state index contributed by atoms with van der Waals surface area (Å²) in [4.78, 5) is 0.851. The fraction of sp³-hybridized carbons (Fsp3) is 0.636. The van der Waals surface area contributed by atoms with E-state index in [-0.39, 0.29) is 16.9 Å². The van der Waals surface area contributed by atoms with Crippen LogP contribution in [0.2, 0.25) is 0 Å². The Morgan fingerprint density at radius 3 is 2.67 bits per heavy atom. The highest BCUT2D eigenvalue weighted by Gasteiger charge is 2.45. The molecule has 2 rings (SSSR count). The quantitative estimate of drug-likeness (QED) is 0.853. The molecule has 1 aromatic rings. The first-order valence-electron chi connectivity index (χ1n) is 5.65. The Bertz CT molecular complexity index is 551. The van der Waals surface area contributed by atoms with E-state index in [0.717, 1.165) is 6.42 Å². The molecule has 1 aliphatic carbocycles. The number of halogens is 1. The molecule has 0 radical (unpaired) electrons. The van der Waals surface area contributed by atoms with Crippen LogP contribution in [-0.2, 0) is 16.6 Å². The highest BCUT2D eigenvalue weighted by atomic mass is 79.9. The Balaban J connectivity index is 2.08. The van der Waals surface area contributed by atoms with E-state index in [2.05, 4.69) is 34.5 Å². The van der Waals surface area contributed by atoms with E-state index >= 15 is 0 Å². The molecule has 0 bridgehead atoms. The van der Waals surface area contributed by atoms with Crippen LogP contribution in [0, 0.1) is 11.3 Å². The molecule has 1 aromatic heterocycles. The van der Waals surface area contributed by atoms with E-state index in [1.54, 1.807) is 0 Å². The number of rotatable bonds is 5. The topological polar surface area (TPSA) is 66.4 Å². The number of thiophene rings is 1. The van der Waals surface area contributed by atoms with Gasteiger partial charge < -0.3 is 5.11 Å². The molecular weight excluding hydrogens is 338 g/mol. The Kier molecular flexibility index (Phi) is 3.91. The summed E-state index contributed by atoms with van der Waals surface area (Å²) in [5.41, 5.74) is 0.255. The van der Waals surface area contributed by atoms with Gasteiger partial charge in [0.05, 0.1) is 10.4 Å². The third kappa shape index (κ3) is 2.96. The van der Waals surface area contributed by atoms with Gasteiger partial charge in [-0.2, -0.15) is 0 Å². The van der Waals surface area contributed by atoms with Gasteiger partial charge in [0.15, 0.2) is 0 Å². The molecule has 0 amide bonds. The third-order valence-corrected chi connectivity index (χ3v) is 7.05. The zero-order chi connectivity index (χ0) is 13.6. The van der Waals surface area contributed by atoms with Gasteiger partial charge in [-0.05, 0) is 39.8 Å². The van der Waals surface area contributed by atoms with E-state index < -0.39 is 10.0 Å². The summed E-state index contributed by atoms with van der Waals surface area (Å²) in [5, 5.41) is 9.01. The van der Waals surface area contributed by atoms with Crippen LogP contribution >= 0.6 is 27.3 Å². The first-order valence-corrected chi connectivity index (χ1v) is 8.74. The lowest BCUT2D eigenvalue weighted by atomic mass is 10.1. The van der Waals surface area contributed by atoms with Gasteiger partial charge in [0.25, 0.3) is 0 Å². The molecule has 1 fully saturated rings. The van der Waals surface area contributed by atoms with Gasteiger partial charge in [0.1, 0.15) is 4.90 Å². The minimum Gasteiger partial charge on any atom is -0.391 e. The fourth-order valence-electron chi connectivity index (χ4n) is 1.87. The maximum Gasteiger partial charge on any atom is 0.242 e. The van der Waals surface area contributed by atoms with Gasteiger partial charge in [-0.1, -0.05) is 13.8 Å². The summed E-state index contributed by atoms with van der Waals surface area (Å²) >= 11 is 4.47. The SMILES string of the molecule is CC1(C)CC1CNS(=O)(=O)c1cc(CO)sc1Br. The average Bonchev–Trinajstić information content (AvgIpc) is 2.70. The van der Waals surface area contributed by atoms with Crippen LogP contribution < -0.4 is 4.72 Å². The van der Waals surface area contributed by atoms with Crippen LogP contribution in [-0.4, -0.2) is 20.1 Å². The van der Waals surface area contributed by atoms with Crippen molar-refractivity contribution in [1.29, 1.82) is 0 Å². The molecule has 1 aliphatic rings. The van der Waals surface area contributed by atoms with E-state index in [1.807, 2.05) is 0 Å². The molecule has 7 heteroatoms. The summed E-state index contributed by atoms with van der Waals surface area (Å²) < 4.78 is 27.4. The standard InChI is InChI=1S/C11H16BrNO3S2/c1-11(2)4-7(11)5-13-18(15,16)9-3-8(6-14)17-10(9)12/h3,7,13-14H,4-6H2,1-2H3. The Labute approximate surface area is 120 Å². The first-order chi connectivity index (χ1) is 8.26. The molecule has 1 atom stereocenters. The number of hydrogen-bond acceptors (Lipinski definition) is 4. The summed E-state index contributed by atoms with van der Waals surface area (Å²) in [7, 11) is -3.48. The van der Waals surface area contributed by atoms with Crippen molar-refractivity contribution in [1.82, 2.24) is 4.72 Å². The van der Waals surface area contributed by atoms with E-state index in [0.29, 0.717) is 21.1 Å². The molecule has 2 N–H and O–H groups in total. The van der Waals surface area contributed by atoms with Gasteiger partial charge in [-0.3, -0.25) is 0 Å². The summed E-state index contributed by atoms with van der Waals surface area (Å²) in [6.07, 6.45) is 1.06. The van der Waals surface area contributed by atoms with Crippen molar-refractivity contribution >= 4 is 37.3 Å². The molecule has 1 unspecified atom stereocenters. The van der Waals surface area contributed by atoms with Gasteiger partial charge in [-0.15, -0.1) is 11.3 Å². The van der Waals surface area contributed by atoms with Crippen molar-refractivity contribution in [3.05, 3.63) is 14.7 Å². The second kappa shape index (κ2) is 4.86. The van der Waals surface area contributed by atoms with Crippen LogP contribution in [0.5, 0.6) is 0 Å². The highest BCUT2D eigenvalue weighted by Crippen LogP contribution is 2.51. The molecular formula is C11H16BrNO3S2. The number of nitrogens with one attached hydrogen (secondary N) is 1. The van der Waals surface area contributed by atoms with Crippen molar-refractivity contribution in [2.24, 2.45) is 11.3 Å². The molecule has 102 valence electrons. The highest BCUT2D eigenvalue weighted by molar-refractivity contribution is 9.11. The van der Waals surface area contributed by atoms with Crippen LogP contribution in [0.4, 0.5) is 0 Å². The number of sulfonamides is 1. The predicted molar refractivity (Wildman–Crippen MR) is 75.0 cm³/mol. The second-order valence-corrected chi connectivity index (χ2v) is 9.44. The number of aliphatic hydroxyl groups is 1. The normalized spacial score (nSPS) is 22.1. The van der Waals surface area contributed by atoms with Crippen LogP contribution in [0.1, 0.15) is 25.1 Å². The number of aliphatic hydroxyl groups excluding tert-OH is 1. The van der Waals surface area contributed by atoms with Crippen molar-refractivity contribution in [2.45, 2.75) is 31.8 Å². The van der Waals surface area contributed by atoms with Gasteiger partial charge in [-0.25, -0.2) is 13.1 Å². The first kappa shape index (κ1) is 14.5. The van der Waals surface area contributed by atoms with Gasteiger partial charge >= 0.3 is 0 Å². The summed E-state index contributed by atoms with van der Waals surface area (Å²) in [5.74, 6) is 0.419. The summed E-state index contributed by atoms with van der Waals surface area (Å²) in [6, 6.07) is 1.51. The molecule has 1 saturated carbocycles. The Hall–Kier alpha value is 0.0500. The Morgan fingerprint density at radius 2 is 2.22 bits per heavy atom. The molecule has 1 heterocycles. The van der Waals surface area contributed by atoms with Crippen molar-refractivity contribution in [3.63, 3.8) is 0 Å². The van der Waals surface area contributed by atoms with Gasteiger partial charge in [0, 0.05) is 11.4 Å². The molecule has 4 nitrogen and oxygen atoms in total. The summed E-state index contributed by atoms with van der Waals surface area (Å²) in [6.45, 7) is 4.60. The van der Waals surface area contributed by atoms with Crippen LogP contribution in [0.25, 0.3) is 0 Å². The lowest BCUT2D eigenvalue weighted by molar-refractivity contribution is 0.285. The van der Waals surface area contributed by atoms with Gasteiger partial charge in [0.2, 0.25) is 10.0 Å². The molecule has 0 aliphatic heterocycles. The lowest BCUT2D eigenvalue weighted by Crippen LogP contribution is -2.26.